The molecule has 2 saturated carbocycles. The summed E-state index contributed by atoms with van der Waals surface area (Å²) in [6.45, 7) is 2.99. The van der Waals surface area contributed by atoms with Crippen LogP contribution < -0.4 is 10.9 Å². The summed E-state index contributed by atoms with van der Waals surface area (Å²) in [4.78, 5) is 31.1. The van der Waals surface area contributed by atoms with Gasteiger partial charge >= 0.3 is 0 Å². The third-order valence-corrected chi connectivity index (χ3v) is 9.30. The van der Waals surface area contributed by atoms with Crippen LogP contribution in [0.15, 0.2) is 40.3 Å². The highest BCUT2D eigenvalue weighted by Gasteiger charge is 2.42. The van der Waals surface area contributed by atoms with Crippen molar-refractivity contribution in [1.82, 2.24) is 24.6 Å². The Hall–Kier alpha value is -2.61. The highest BCUT2D eigenvalue weighted by Crippen LogP contribution is 2.49. The van der Waals surface area contributed by atoms with Crippen LogP contribution in [0, 0.1) is 17.8 Å². The van der Waals surface area contributed by atoms with E-state index >= 15 is 0 Å². The Morgan fingerprint density at radius 3 is 2.80 bits per heavy atom. The number of benzene rings is 1. The minimum atomic E-state index is -0.113. The van der Waals surface area contributed by atoms with Crippen molar-refractivity contribution in [3.8, 4) is 17.1 Å². The first-order valence-corrected chi connectivity index (χ1v) is 14.1. The van der Waals surface area contributed by atoms with Gasteiger partial charge in [0.15, 0.2) is 11.0 Å². The monoisotopic (exact) mass is 491 g/mol. The largest absolute Gasteiger partial charge is 0.353 e. The molecule has 0 unspecified atom stereocenters. The van der Waals surface area contributed by atoms with Gasteiger partial charge in [0.1, 0.15) is 5.56 Å². The number of thioether (sulfide) groups is 1. The van der Waals surface area contributed by atoms with Gasteiger partial charge in [-0.2, -0.15) is 4.68 Å². The fourth-order valence-corrected chi connectivity index (χ4v) is 7.50. The molecule has 0 aromatic heterocycles. The predicted molar refractivity (Wildman–Crippen MR) is 137 cm³/mol. The van der Waals surface area contributed by atoms with E-state index in [2.05, 4.69) is 21.9 Å². The number of para-hydroxylation sites is 1. The summed E-state index contributed by atoms with van der Waals surface area (Å²) < 4.78 is 3.63. The van der Waals surface area contributed by atoms with Gasteiger partial charge in [-0.25, -0.2) is 4.98 Å². The molecule has 1 aromatic carbocycles. The normalized spacial score (nSPS) is 24.3. The number of amides is 1. The molecule has 184 valence electrons. The van der Waals surface area contributed by atoms with Crippen LogP contribution in [0.3, 0.4) is 0 Å². The molecule has 3 aliphatic heterocycles. The summed E-state index contributed by atoms with van der Waals surface area (Å²) in [6.07, 6.45) is 9.36. The molecule has 2 aliphatic carbocycles. The Kier molecular flexibility index (Phi) is 6.16. The van der Waals surface area contributed by atoms with Crippen LogP contribution in [0.1, 0.15) is 57.6 Å². The molecule has 5 aliphatic rings. The topological polar surface area (TPSA) is 81.8 Å². The maximum Gasteiger partial charge on any atom is 0.284 e. The first-order chi connectivity index (χ1) is 17.1. The number of rotatable bonds is 6. The van der Waals surface area contributed by atoms with Gasteiger partial charge in [0.25, 0.3) is 5.56 Å². The Bertz CT molecular complexity index is 1250. The van der Waals surface area contributed by atoms with Crippen molar-refractivity contribution in [3.05, 3.63) is 46.4 Å². The third-order valence-electron chi connectivity index (χ3n) is 8.32. The Morgan fingerprint density at radius 2 is 2.03 bits per heavy atom. The molecule has 1 amide bonds. The molecular weight excluding hydrogens is 458 g/mol. The van der Waals surface area contributed by atoms with Crippen molar-refractivity contribution in [2.75, 3.05) is 5.75 Å². The van der Waals surface area contributed by atoms with Gasteiger partial charge in [0.2, 0.25) is 5.91 Å². The lowest BCUT2D eigenvalue weighted by Crippen LogP contribution is -2.41. The number of hydrogen-bond acceptors (Lipinski definition) is 5. The van der Waals surface area contributed by atoms with Crippen molar-refractivity contribution >= 4 is 17.7 Å². The second-order valence-corrected chi connectivity index (χ2v) is 11.5. The van der Waals surface area contributed by atoms with Crippen molar-refractivity contribution in [2.24, 2.45) is 17.8 Å². The molecule has 1 N–H and O–H groups in total. The third kappa shape index (κ3) is 4.30. The van der Waals surface area contributed by atoms with E-state index in [9.17, 15) is 9.59 Å². The van der Waals surface area contributed by atoms with E-state index < -0.39 is 0 Å². The fraction of sp³-hybridized carbons (Fsp3) is 0.556. The lowest BCUT2D eigenvalue weighted by molar-refractivity contribution is -0.119. The molecule has 35 heavy (non-hydrogen) atoms. The first kappa shape index (κ1) is 22.8. The van der Waals surface area contributed by atoms with Gasteiger partial charge in [0.05, 0.1) is 11.4 Å². The Balaban J connectivity index is 1.25. The lowest BCUT2D eigenvalue weighted by atomic mass is 9.84. The van der Waals surface area contributed by atoms with Crippen LogP contribution in [0.5, 0.6) is 0 Å². The highest BCUT2D eigenvalue weighted by atomic mass is 32.2. The minimum absolute atomic E-state index is 0.0643. The van der Waals surface area contributed by atoms with Crippen LogP contribution >= 0.6 is 11.8 Å². The first-order valence-electron chi connectivity index (χ1n) is 13.1. The molecule has 8 heteroatoms. The van der Waals surface area contributed by atoms with Crippen molar-refractivity contribution in [3.63, 3.8) is 0 Å². The average molecular weight is 492 g/mol. The molecule has 4 atom stereocenters. The zero-order chi connectivity index (χ0) is 23.9. The summed E-state index contributed by atoms with van der Waals surface area (Å²) >= 11 is 1.47. The number of aromatic nitrogens is 4. The van der Waals surface area contributed by atoms with Crippen molar-refractivity contribution < 1.29 is 4.79 Å². The fourth-order valence-electron chi connectivity index (χ4n) is 6.65. The van der Waals surface area contributed by atoms with E-state index in [0.29, 0.717) is 23.1 Å². The second-order valence-electron chi connectivity index (χ2n) is 10.5. The van der Waals surface area contributed by atoms with E-state index in [1.807, 2.05) is 30.3 Å². The van der Waals surface area contributed by atoms with Gasteiger partial charge < -0.3 is 9.88 Å². The summed E-state index contributed by atoms with van der Waals surface area (Å²) in [7, 11) is 0. The van der Waals surface area contributed by atoms with Gasteiger partial charge in [-0.1, -0.05) is 42.8 Å². The maximum atomic E-state index is 13.4. The zero-order valence-electron chi connectivity index (χ0n) is 20.3. The molecule has 6 rings (SSSR count). The molecule has 0 radical (unpaired) electrons. The standard InChI is InChI=1S/C27H33N5O2S/c1-17(21-15-18-11-12-19(21)14-18)28-23(33)16-35-27-29-25-24(22-10-6-3-7-13-31(22)27)26(34)32(30-25)20-8-4-2-5-9-20/h2,4-5,8-9,17-19,21H,3,6-7,10-16H2,1H3,(H,28,33)/t17-,18+,19+,21-/m1/s1. The summed E-state index contributed by atoms with van der Waals surface area (Å²) in [5.41, 5.74) is 2.26. The molecule has 0 saturated heterocycles. The summed E-state index contributed by atoms with van der Waals surface area (Å²) in [6, 6.07) is 9.73. The Morgan fingerprint density at radius 1 is 1.17 bits per heavy atom. The van der Waals surface area contributed by atoms with E-state index in [1.165, 1.54) is 42.1 Å². The van der Waals surface area contributed by atoms with Crippen LogP contribution in [0.4, 0.5) is 0 Å². The Labute approximate surface area is 210 Å². The van der Waals surface area contributed by atoms with E-state index in [4.69, 9.17) is 4.98 Å². The number of nitrogens with one attached hydrogen (secondary N) is 1. The SMILES string of the molecule is C[C@@H](NC(=O)CSc1nc2nn(-c3ccccc3)c(=O)c-2c2n1CCCCC2)[C@H]1C[C@H]2CC[C@H]1C2. The van der Waals surface area contributed by atoms with Gasteiger partial charge in [-0.05, 0) is 75.3 Å². The molecule has 1 aromatic rings. The zero-order valence-corrected chi connectivity index (χ0v) is 21.1. The van der Waals surface area contributed by atoms with E-state index in [-0.39, 0.29) is 17.5 Å². The molecule has 0 spiro atoms. The van der Waals surface area contributed by atoms with E-state index in [1.54, 1.807) is 0 Å². The van der Waals surface area contributed by atoms with Crippen LogP contribution in [0.25, 0.3) is 17.1 Å². The quantitative estimate of drug-likeness (QED) is 0.411. The number of carbonyl (C=O) groups excluding carboxylic acids is 1. The number of fused-ring (bicyclic) bond motifs is 5. The van der Waals surface area contributed by atoms with Crippen LogP contribution in [-0.4, -0.2) is 37.0 Å². The summed E-state index contributed by atoms with van der Waals surface area (Å²) in [5.74, 6) is 3.16. The maximum absolute atomic E-state index is 13.4. The van der Waals surface area contributed by atoms with Gasteiger partial charge in [0, 0.05) is 18.3 Å². The van der Waals surface area contributed by atoms with Gasteiger partial charge in [-0.15, -0.1) is 5.10 Å². The van der Waals surface area contributed by atoms with Crippen molar-refractivity contribution in [2.45, 2.75) is 76.0 Å². The molecule has 3 heterocycles. The molecular formula is C27H33N5O2S. The molecule has 7 nitrogen and oxygen atoms in total. The van der Waals surface area contributed by atoms with Crippen LogP contribution in [0.2, 0.25) is 0 Å². The number of nitrogens with zero attached hydrogens (tertiary/aromatic N) is 4. The van der Waals surface area contributed by atoms with Crippen molar-refractivity contribution in [1.29, 1.82) is 0 Å². The van der Waals surface area contributed by atoms with Crippen LogP contribution in [-0.2, 0) is 17.8 Å². The average Bonchev–Trinajstić information content (AvgIpc) is 3.53. The van der Waals surface area contributed by atoms with Gasteiger partial charge in [-0.3, -0.25) is 9.59 Å². The smallest absolute Gasteiger partial charge is 0.284 e. The number of hydrogen-bond donors (Lipinski definition) is 1. The number of carbonyl (C=O) groups is 1. The second kappa shape index (κ2) is 9.45. The highest BCUT2D eigenvalue weighted by molar-refractivity contribution is 7.99. The predicted octanol–water partition coefficient (Wildman–Crippen LogP) is 4.29. The summed E-state index contributed by atoms with van der Waals surface area (Å²) in [5, 5.41) is 8.66. The lowest BCUT2D eigenvalue weighted by Gasteiger charge is -2.28. The molecule has 2 bridgehead atoms. The molecule has 2 fully saturated rings. The minimum Gasteiger partial charge on any atom is -0.353 e. The van der Waals surface area contributed by atoms with E-state index in [0.717, 1.165) is 60.6 Å².